The third-order valence-corrected chi connectivity index (χ3v) is 12.1. The average molecular weight is 750 g/mol. The first-order valence-electron chi connectivity index (χ1n) is 19.2. The van der Waals surface area contributed by atoms with Crippen molar-refractivity contribution < 1.29 is 4.42 Å². The number of rotatable bonds is 7. The van der Waals surface area contributed by atoms with Crippen molar-refractivity contribution in [1.29, 1.82) is 0 Å². The Morgan fingerprint density at radius 3 is 2.00 bits per heavy atom. The molecule has 0 bridgehead atoms. The molecule has 0 fully saturated rings. The minimum atomic E-state index is -0.00947. The van der Waals surface area contributed by atoms with Crippen LogP contribution in [0.5, 0.6) is 0 Å². The predicted octanol–water partition coefficient (Wildman–Crippen LogP) is 14.2. The van der Waals surface area contributed by atoms with Crippen LogP contribution in [0.4, 0.5) is 17.1 Å². The van der Waals surface area contributed by atoms with Crippen LogP contribution < -0.4 is 10.2 Å². The second-order valence-electron chi connectivity index (χ2n) is 14.4. The lowest BCUT2D eigenvalue weighted by Gasteiger charge is -2.26. The number of aliphatic imine (C=N–C) groups is 1. The van der Waals surface area contributed by atoms with E-state index in [0.29, 0.717) is 0 Å². The highest BCUT2D eigenvalue weighted by Crippen LogP contribution is 2.47. The first kappa shape index (κ1) is 33.2. The summed E-state index contributed by atoms with van der Waals surface area (Å²) >= 11 is 1.84. The molecule has 270 valence electrons. The number of furan rings is 1. The maximum Gasteiger partial charge on any atom is 0.160 e. The molecule has 10 aromatic rings. The third kappa shape index (κ3) is 5.88. The molecule has 4 nitrogen and oxygen atoms in total. The highest BCUT2D eigenvalue weighted by molar-refractivity contribution is 7.25. The zero-order valence-electron chi connectivity index (χ0n) is 30.8. The van der Waals surface area contributed by atoms with Crippen molar-refractivity contribution in [3.8, 4) is 11.1 Å². The van der Waals surface area contributed by atoms with Gasteiger partial charge in [-0.05, 0) is 76.9 Å². The molecule has 8 aromatic carbocycles. The van der Waals surface area contributed by atoms with Gasteiger partial charge in [-0.25, -0.2) is 4.99 Å². The quantitative estimate of drug-likeness (QED) is 0.176. The molecule has 3 heterocycles. The maximum absolute atomic E-state index is 6.86. The molecule has 11 rings (SSSR count). The number of para-hydroxylation sites is 2. The lowest BCUT2D eigenvalue weighted by molar-refractivity contribution is 0.669. The van der Waals surface area contributed by atoms with Gasteiger partial charge in [0.05, 0.1) is 17.4 Å². The Bertz CT molecular complexity index is 3150. The van der Waals surface area contributed by atoms with E-state index >= 15 is 0 Å². The molecule has 5 heteroatoms. The predicted molar refractivity (Wildman–Crippen MR) is 240 cm³/mol. The summed E-state index contributed by atoms with van der Waals surface area (Å²) in [6, 6.07) is 68.6. The molecule has 1 N–H and O–H groups in total. The van der Waals surface area contributed by atoms with Crippen LogP contribution in [0.2, 0.25) is 0 Å². The van der Waals surface area contributed by atoms with Gasteiger partial charge in [0.25, 0.3) is 0 Å². The Balaban J connectivity index is 1.04. The van der Waals surface area contributed by atoms with Gasteiger partial charge in [0, 0.05) is 47.9 Å². The van der Waals surface area contributed by atoms with Crippen molar-refractivity contribution in [1.82, 2.24) is 5.32 Å². The van der Waals surface area contributed by atoms with Crippen molar-refractivity contribution in [2.45, 2.75) is 6.04 Å². The van der Waals surface area contributed by atoms with Gasteiger partial charge in [0.1, 0.15) is 11.4 Å². The molecule has 0 amide bonds. The molecule has 0 saturated carbocycles. The van der Waals surface area contributed by atoms with Crippen LogP contribution >= 0.6 is 11.3 Å². The lowest BCUT2D eigenvalue weighted by atomic mass is 9.96. The standard InChI is InChI=1S/C52H35N3OS/c1-4-14-35(15-5-1)44-33-45(36-16-6-2-7-17-36)54-52(53-44)37-26-24-34(25-27-37)40-29-30-46(51-50(40)42-21-10-12-22-47(42)56-51)55(38-18-8-3-9-19-38)39-28-31-49-43(32-39)41-20-11-13-23-48(41)57-49/h1-33,44H,(H,53,54). The van der Waals surface area contributed by atoms with Crippen molar-refractivity contribution in [2.75, 3.05) is 4.90 Å². The van der Waals surface area contributed by atoms with E-state index in [1.54, 1.807) is 0 Å². The van der Waals surface area contributed by atoms with Crippen LogP contribution in [0, 0.1) is 0 Å². The van der Waals surface area contributed by atoms with Crippen molar-refractivity contribution >= 4 is 82.0 Å². The summed E-state index contributed by atoms with van der Waals surface area (Å²) in [5.41, 5.74) is 11.3. The van der Waals surface area contributed by atoms with Crippen LogP contribution in [0.25, 0.3) is 58.9 Å². The van der Waals surface area contributed by atoms with E-state index in [4.69, 9.17) is 9.41 Å². The molecular weight excluding hydrogens is 715 g/mol. The smallest absolute Gasteiger partial charge is 0.160 e. The van der Waals surface area contributed by atoms with E-state index in [2.05, 4.69) is 198 Å². The van der Waals surface area contributed by atoms with E-state index in [0.717, 1.165) is 72.8 Å². The molecule has 0 aliphatic carbocycles. The minimum absolute atomic E-state index is 0.00947. The lowest BCUT2D eigenvalue weighted by Crippen LogP contribution is -2.31. The molecular formula is C52H35N3OS. The average Bonchev–Trinajstić information content (AvgIpc) is 3.87. The molecule has 57 heavy (non-hydrogen) atoms. The fraction of sp³-hybridized carbons (Fsp3) is 0.0192. The summed E-state index contributed by atoms with van der Waals surface area (Å²) in [6.07, 6.45) is 2.21. The van der Waals surface area contributed by atoms with Crippen LogP contribution in [0.1, 0.15) is 22.7 Å². The summed E-state index contributed by atoms with van der Waals surface area (Å²) in [7, 11) is 0. The van der Waals surface area contributed by atoms with Gasteiger partial charge < -0.3 is 14.6 Å². The van der Waals surface area contributed by atoms with Gasteiger partial charge >= 0.3 is 0 Å². The highest BCUT2D eigenvalue weighted by Gasteiger charge is 2.24. The fourth-order valence-electron chi connectivity index (χ4n) is 8.19. The largest absolute Gasteiger partial charge is 0.454 e. The van der Waals surface area contributed by atoms with Gasteiger partial charge in [-0.2, -0.15) is 0 Å². The molecule has 2 aromatic heterocycles. The zero-order valence-corrected chi connectivity index (χ0v) is 31.7. The number of hydrogen-bond acceptors (Lipinski definition) is 5. The van der Waals surface area contributed by atoms with E-state index in [9.17, 15) is 0 Å². The van der Waals surface area contributed by atoms with Crippen LogP contribution in [0.3, 0.4) is 0 Å². The maximum atomic E-state index is 6.86. The number of thiophene rings is 1. The van der Waals surface area contributed by atoms with E-state index in [1.807, 2.05) is 23.5 Å². The van der Waals surface area contributed by atoms with Crippen molar-refractivity contribution in [3.05, 3.63) is 217 Å². The SMILES string of the molecule is C1=C(c2ccccc2)N=C(c2ccc(-c3ccc(N(c4ccccc4)c4ccc5sc6ccccc6c5c4)c4oc5ccccc5c34)cc2)NC1c1ccccc1. The molecule has 1 atom stereocenters. The number of benzene rings is 8. The van der Waals surface area contributed by atoms with Crippen LogP contribution in [0.15, 0.2) is 210 Å². The van der Waals surface area contributed by atoms with E-state index in [1.165, 1.54) is 25.7 Å². The first-order valence-corrected chi connectivity index (χ1v) is 20.1. The second-order valence-corrected chi connectivity index (χ2v) is 15.5. The molecule has 0 radical (unpaired) electrons. The van der Waals surface area contributed by atoms with E-state index < -0.39 is 0 Å². The number of amidine groups is 1. The van der Waals surface area contributed by atoms with Crippen LogP contribution in [-0.2, 0) is 0 Å². The third-order valence-electron chi connectivity index (χ3n) is 10.9. The molecule has 0 spiro atoms. The number of fused-ring (bicyclic) bond motifs is 6. The van der Waals surface area contributed by atoms with Crippen molar-refractivity contribution in [2.24, 2.45) is 4.99 Å². The summed E-state index contributed by atoms with van der Waals surface area (Å²) in [4.78, 5) is 7.48. The molecule has 1 aliphatic heterocycles. The summed E-state index contributed by atoms with van der Waals surface area (Å²) < 4.78 is 9.43. The Morgan fingerprint density at radius 1 is 0.526 bits per heavy atom. The Morgan fingerprint density at radius 2 is 1.19 bits per heavy atom. The number of hydrogen-bond donors (Lipinski definition) is 1. The van der Waals surface area contributed by atoms with Gasteiger partial charge in [0.15, 0.2) is 5.58 Å². The summed E-state index contributed by atoms with van der Waals surface area (Å²) in [5, 5.41) is 8.42. The summed E-state index contributed by atoms with van der Waals surface area (Å²) in [5.74, 6) is 0.847. The minimum Gasteiger partial charge on any atom is -0.454 e. The second kappa shape index (κ2) is 13.8. The van der Waals surface area contributed by atoms with E-state index in [-0.39, 0.29) is 6.04 Å². The number of anilines is 3. The van der Waals surface area contributed by atoms with Crippen LogP contribution in [-0.4, -0.2) is 5.84 Å². The first-order chi connectivity index (χ1) is 28.2. The zero-order chi connectivity index (χ0) is 37.7. The Kier molecular flexibility index (Phi) is 8.04. The molecule has 1 aliphatic rings. The normalized spacial score (nSPS) is 14.1. The topological polar surface area (TPSA) is 40.8 Å². The van der Waals surface area contributed by atoms with Gasteiger partial charge in [-0.15, -0.1) is 11.3 Å². The summed E-state index contributed by atoms with van der Waals surface area (Å²) in [6.45, 7) is 0. The monoisotopic (exact) mass is 749 g/mol. The number of nitrogens with one attached hydrogen (secondary N) is 1. The molecule has 1 unspecified atom stereocenters. The van der Waals surface area contributed by atoms with Gasteiger partial charge in [0.2, 0.25) is 0 Å². The van der Waals surface area contributed by atoms with Crippen molar-refractivity contribution in [3.63, 3.8) is 0 Å². The Hall–Kier alpha value is -7.21. The molecule has 0 saturated heterocycles. The van der Waals surface area contributed by atoms with Gasteiger partial charge in [-0.1, -0.05) is 146 Å². The Labute approximate surface area is 334 Å². The fourth-order valence-corrected chi connectivity index (χ4v) is 9.28. The highest BCUT2D eigenvalue weighted by atomic mass is 32.1. The van der Waals surface area contributed by atoms with Gasteiger partial charge in [-0.3, -0.25) is 0 Å². The number of nitrogens with zero attached hydrogens (tertiary/aromatic N) is 2.